The fourth-order valence-corrected chi connectivity index (χ4v) is 3.40. The number of hydrogen-bond acceptors (Lipinski definition) is 6. The van der Waals surface area contributed by atoms with Crippen molar-refractivity contribution < 1.29 is 9.63 Å². The molecule has 0 spiro atoms. The van der Waals surface area contributed by atoms with E-state index in [1.807, 2.05) is 23.9 Å². The van der Waals surface area contributed by atoms with E-state index in [2.05, 4.69) is 15.0 Å². The summed E-state index contributed by atoms with van der Waals surface area (Å²) in [6, 6.07) is 2.17. The van der Waals surface area contributed by atoms with Crippen LogP contribution in [0.3, 0.4) is 0 Å². The van der Waals surface area contributed by atoms with E-state index in [-0.39, 0.29) is 12.1 Å². The van der Waals surface area contributed by atoms with Gasteiger partial charge in [0.1, 0.15) is 0 Å². The second-order valence-electron chi connectivity index (χ2n) is 5.36. The minimum atomic E-state index is -0.239. The lowest BCUT2D eigenvalue weighted by Gasteiger charge is -2.34. The van der Waals surface area contributed by atoms with Crippen molar-refractivity contribution in [3.63, 3.8) is 0 Å². The van der Waals surface area contributed by atoms with Gasteiger partial charge in [0.05, 0.1) is 18.2 Å². The van der Waals surface area contributed by atoms with Crippen LogP contribution in [0.25, 0.3) is 11.5 Å². The van der Waals surface area contributed by atoms with E-state index < -0.39 is 0 Å². The molecule has 108 valence electrons. The maximum atomic E-state index is 10.1. The van der Waals surface area contributed by atoms with E-state index in [4.69, 9.17) is 4.52 Å². The SMILES string of the molecule is CN(Cc1noc(-c2ccsc2)n1)C1CCCCC1O. The van der Waals surface area contributed by atoms with Gasteiger partial charge in [-0.15, -0.1) is 0 Å². The normalized spacial score (nSPS) is 23.4. The topological polar surface area (TPSA) is 62.4 Å². The van der Waals surface area contributed by atoms with Crippen molar-refractivity contribution in [3.05, 3.63) is 22.7 Å². The van der Waals surface area contributed by atoms with Gasteiger partial charge in [-0.05, 0) is 31.3 Å². The number of thiophene rings is 1. The minimum Gasteiger partial charge on any atom is -0.391 e. The molecule has 0 bridgehead atoms. The van der Waals surface area contributed by atoms with Crippen LogP contribution in [0.5, 0.6) is 0 Å². The molecule has 2 aromatic heterocycles. The summed E-state index contributed by atoms with van der Waals surface area (Å²) >= 11 is 1.61. The Hall–Kier alpha value is -1.24. The van der Waals surface area contributed by atoms with Gasteiger partial charge < -0.3 is 9.63 Å². The highest BCUT2D eigenvalue weighted by molar-refractivity contribution is 7.08. The molecular weight excluding hydrogens is 274 g/mol. The third kappa shape index (κ3) is 2.92. The lowest BCUT2D eigenvalue weighted by molar-refractivity contribution is 0.0275. The Morgan fingerprint density at radius 3 is 3.05 bits per heavy atom. The molecule has 1 fully saturated rings. The molecule has 2 atom stereocenters. The lowest BCUT2D eigenvalue weighted by Crippen LogP contribution is -2.43. The van der Waals surface area contributed by atoms with Gasteiger partial charge in [-0.2, -0.15) is 16.3 Å². The number of aromatic nitrogens is 2. The predicted molar refractivity (Wildman–Crippen MR) is 77.3 cm³/mol. The van der Waals surface area contributed by atoms with Crippen LogP contribution in [-0.2, 0) is 6.54 Å². The summed E-state index contributed by atoms with van der Waals surface area (Å²) in [6.07, 6.45) is 3.99. The fraction of sp³-hybridized carbons (Fsp3) is 0.571. The predicted octanol–water partition coefficient (Wildman–Crippen LogP) is 2.53. The Bertz CT molecular complexity index is 540. The Kier molecular flexibility index (Phi) is 4.14. The van der Waals surface area contributed by atoms with Crippen molar-refractivity contribution in [1.29, 1.82) is 0 Å². The molecule has 1 aliphatic rings. The van der Waals surface area contributed by atoms with Crippen LogP contribution < -0.4 is 0 Å². The molecule has 0 amide bonds. The first-order valence-corrected chi connectivity index (χ1v) is 7.92. The van der Waals surface area contributed by atoms with Crippen LogP contribution in [-0.4, -0.2) is 39.3 Å². The quantitative estimate of drug-likeness (QED) is 0.938. The maximum Gasteiger partial charge on any atom is 0.258 e. The lowest BCUT2D eigenvalue weighted by atomic mass is 9.91. The Balaban J connectivity index is 1.65. The van der Waals surface area contributed by atoms with Crippen LogP contribution in [0.4, 0.5) is 0 Å². The van der Waals surface area contributed by atoms with E-state index >= 15 is 0 Å². The van der Waals surface area contributed by atoms with E-state index in [0.717, 1.165) is 24.8 Å². The average molecular weight is 293 g/mol. The molecule has 2 heterocycles. The number of hydrogen-bond donors (Lipinski definition) is 1. The summed E-state index contributed by atoms with van der Waals surface area (Å²) in [4.78, 5) is 6.55. The van der Waals surface area contributed by atoms with Gasteiger partial charge >= 0.3 is 0 Å². The molecule has 0 aliphatic heterocycles. The average Bonchev–Trinajstić information content (AvgIpc) is 3.09. The van der Waals surface area contributed by atoms with Crippen LogP contribution in [0.15, 0.2) is 21.3 Å². The Morgan fingerprint density at radius 1 is 1.45 bits per heavy atom. The number of aliphatic hydroxyl groups excluding tert-OH is 1. The first kappa shape index (κ1) is 13.7. The van der Waals surface area contributed by atoms with Crippen molar-refractivity contribution in [2.75, 3.05) is 7.05 Å². The fourth-order valence-electron chi connectivity index (χ4n) is 2.77. The summed E-state index contributed by atoms with van der Waals surface area (Å²) in [7, 11) is 2.01. The van der Waals surface area contributed by atoms with Crippen molar-refractivity contribution in [1.82, 2.24) is 15.0 Å². The largest absolute Gasteiger partial charge is 0.391 e. The molecule has 0 aromatic carbocycles. The highest BCUT2D eigenvalue weighted by Crippen LogP contribution is 2.24. The molecule has 1 aliphatic carbocycles. The molecule has 1 saturated carbocycles. The summed E-state index contributed by atoms with van der Waals surface area (Å²) in [5.74, 6) is 1.24. The number of likely N-dealkylation sites (N-methyl/N-ethyl adjacent to an activating group) is 1. The first-order valence-electron chi connectivity index (χ1n) is 6.97. The van der Waals surface area contributed by atoms with Crippen molar-refractivity contribution in [3.8, 4) is 11.5 Å². The van der Waals surface area contributed by atoms with E-state index in [9.17, 15) is 5.11 Å². The zero-order chi connectivity index (χ0) is 13.9. The van der Waals surface area contributed by atoms with Crippen LogP contribution in [0.2, 0.25) is 0 Å². The van der Waals surface area contributed by atoms with E-state index in [0.29, 0.717) is 18.3 Å². The Morgan fingerprint density at radius 2 is 2.30 bits per heavy atom. The molecule has 0 saturated heterocycles. The zero-order valence-electron chi connectivity index (χ0n) is 11.5. The zero-order valence-corrected chi connectivity index (χ0v) is 12.3. The smallest absolute Gasteiger partial charge is 0.258 e. The molecule has 2 unspecified atom stereocenters. The van der Waals surface area contributed by atoms with Gasteiger partial charge in [-0.3, -0.25) is 4.90 Å². The van der Waals surface area contributed by atoms with Crippen LogP contribution >= 0.6 is 11.3 Å². The van der Waals surface area contributed by atoms with E-state index in [1.165, 1.54) is 6.42 Å². The highest BCUT2D eigenvalue weighted by Gasteiger charge is 2.27. The Labute approximate surface area is 122 Å². The van der Waals surface area contributed by atoms with Gasteiger partial charge in [-0.1, -0.05) is 18.0 Å². The van der Waals surface area contributed by atoms with Crippen molar-refractivity contribution >= 4 is 11.3 Å². The summed E-state index contributed by atoms with van der Waals surface area (Å²) in [5.41, 5.74) is 0.967. The molecule has 3 rings (SSSR count). The molecule has 6 heteroatoms. The molecule has 2 aromatic rings. The van der Waals surface area contributed by atoms with Crippen LogP contribution in [0.1, 0.15) is 31.5 Å². The highest BCUT2D eigenvalue weighted by atomic mass is 32.1. The van der Waals surface area contributed by atoms with Crippen molar-refractivity contribution in [2.45, 2.75) is 44.4 Å². The van der Waals surface area contributed by atoms with Crippen molar-refractivity contribution in [2.24, 2.45) is 0 Å². The molecule has 1 N–H and O–H groups in total. The summed E-state index contributed by atoms with van der Waals surface area (Å²) < 4.78 is 5.28. The van der Waals surface area contributed by atoms with Crippen LogP contribution in [0, 0.1) is 0 Å². The molecule has 0 radical (unpaired) electrons. The molecular formula is C14H19N3O2S. The standard InChI is InChI=1S/C14H19N3O2S/c1-17(11-4-2-3-5-12(11)18)8-13-15-14(19-16-13)10-6-7-20-9-10/h6-7,9,11-12,18H,2-5,8H2,1H3. The van der Waals surface area contributed by atoms with Gasteiger partial charge in [0.2, 0.25) is 0 Å². The van der Waals surface area contributed by atoms with E-state index in [1.54, 1.807) is 11.3 Å². The van der Waals surface area contributed by atoms with Gasteiger partial charge in [-0.25, -0.2) is 0 Å². The minimum absolute atomic E-state index is 0.201. The maximum absolute atomic E-state index is 10.1. The third-order valence-electron chi connectivity index (χ3n) is 3.89. The second-order valence-corrected chi connectivity index (χ2v) is 6.14. The third-order valence-corrected chi connectivity index (χ3v) is 4.57. The van der Waals surface area contributed by atoms with Gasteiger partial charge in [0.15, 0.2) is 5.82 Å². The van der Waals surface area contributed by atoms with Gasteiger partial charge in [0, 0.05) is 11.4 Å². The second kappa shape index (κ2) is 6.03. The monoisotopic (exact) mass is 293 g/mol. The first-order chi connectivity index (χ1) is 9.74. The number of nitrogens with zero attached hydrogens (tertiary/aromatic N) is 3. The van der Waals surface area contributed by atoms with Gasteiger partial charge in [0.25, 0.3) is 5.89 Å². The number of aliphatic hydroxyl groups is 1. The number of rotatable bonds is 4. The summed E-state index contributed by atoms with van der Waals surface area (Å²) in [6.45, 7) is 0.607. The molecule has 20 heavy (non-hydrogen) atoms. The summed E-state index contributed by atoms with van der Waals surface area (Å²) in [5, 5.41) is 18.1. The molecule has 5 nitrogen and oxygen atoms in total.